The Morgan fingerprint density at radius 1 is 0.875 bits per heavy atom. The molecule has 2 aliphatic rings. The second-order valence-electron chi connectivity index (χ2n) is 8.83. The molecule has 168 valence electrons. The lowest BCUT2D eigenvalue weighted by atomic mass is 10.2. The van der Waals surface area contributed by atoms with Gasteiger partial charge in [0.2, 0.25) is 0 Å². The quantitative estimate of drug-likeness (QED) is 0.637. The van der Waals surface area contributed by atoms with E-state index in [9.17, 15) is 0 Å². The van der Waals surface area contributed by atoms with Crippen molar-refractivity contribution in [3.63, 3.8) is 0 Å². The van der Waals surface area contributed by atoms with Gasteiger partial charge in [0.15, 0.2) is 28.6 Å². The topological polar surface area (TPSA) is 73.3 Å². The fourth-order valence-corrected chi connectivity index (χ4v) is 4.52. The molecule has 0 aliphatic carbocycles. The molecule has 32 heavy (non-hydrogen) atoms. The van der Waals surface area contributed by atoms with Crippen molar-refractivity contribution in [3.05, 3.63) is 36.0 Å². The number of rotatable bonds is 6. The Kier molecular flexibility index (Phi) is 6.14. The summed E-state index contributed by atoms with van der Waals surface area (Å²) in [5.74, 6) is 2.39. The molecule has 2 saturated heterocycles. The summed E-state index contributed by atoms with van der Waals surface area (Å²) in [7, 11) is 2.16. The van der Waals surface area contributed by atoms with Crippen molar-refractivity contribution >= 4 is 22.8 Å². The number of fused-ring (bicyclic) bond motifs is 1. The van der Waals surface area contributed by atoms with Crippen molar-refractivity contribution in [2.24, 2.45) is 0 Å². The summed E-state index contributed by atoms with van der Waals surface area (Å²) in [4.78, 5) is 26.8. The van der Waals surface area contributed by atoms with Gasteiger partial charge in [-0.25, -0.2) is 19.9 Å². The van der Waals surface area contributed by atoms with Gasteiger partial charge in [-0.3, -0.25) is 0 Å². The first-order valence-electron chi connectivity index (χ1n) is 11.7. The number of anilines is 2. The van der Waals surface area contributed by atoms with Crippen LogP contribution in [0.4, 0.5) is 11.6 Å². The van der Waals surface area contributed by atoms with Crippen LogP contribution in [0.1, 0.15) is 18.5 Å². The van der Waals surface area contributed by atoms with E-state index in [4.69, 9.17) is 19.9 Å². The smallest absolute Gasteiger partial charge is 0.186 e. The minimum atomic E-state index is 0.655. The van der Waals surface area contributed by atoms with Crippen LogP contribution in [0.2, 0.25) is 0 Å². The molecular formula is C24H32N8. The molecule has 0 unspecified atom stereocenters. The molecule has 2 aliphatic heterocycles. The number of piperazine rings is 1. The summed E-state index contributed by atoms with van der Waals surface area (Å²) in [6, 6.07) is 10.1. The van der Waals surface area contributed by atoms with Gasteiger partial charge in [0.1, 0.15) is 0 Å². The van der Waals surface area contributed by atoms with Gasteiger partial charge < -0.3 is 20.0 Å². The maximum atomic E-state index is 5.00. The third kappa shape index (κ3) is 4.52. The Hall–Kier alpha value is -2.84. The van der Waals surface area contributed by atoms with Crippen LogP contribution in [0.3, 0.4) is 0 Å². The molecule has 0 radical (unpaired) electrons. The second-order valence-corrected chi connectivity index (χ2v) is 8.83. The van der Waals surface area contributed by atoms with E-state index in [2.05, 4.69) is 27.1 Å². The lowest BCUT2D eigenvalue weighted by Crippen LogP contribution is -2.45. The summed E-state index contributed by atoms with van der Waals surface area (Å²) in [6.07, 6.45) is 2.60. The van der Waals surface area contributed by atoms with Crippen LogP contribution in [0.15, 0.2) is 30.3 Å². The van der Waals surface area contributed by atoms with Gasteiger partial charge in [-0.15, -0.1) is 0 Å². The molecule has 1 aromatic carbocycles. The Labute approximate surface area is 189 Å². The lowest BCUT2D eigenvalue weighted by molar-refractivity contribution is 0.312. The van der Waals surface area contributed by atoms with Gasteiger partial charge >= 0.3 is 0 Å². The van der Waals surface area contributed by atoms with E-state index in [0.717, 1.165) is 67.7 Å². The monoisotopic (exact) mass is 432 g/mol. The van der Waals surface area contributed by atoms with Gasteiger partial charge in [0, 0.05) is 44.8 Å². The Balaban J connectivity index is 1.50. The normalized spacial score (nSPS) is 17.9. The van der Waals surface area contributed by atoms with E-state index in [1.807, 2.05) is 37.3 Å². The third-order valence-corrected chi connectivity index (χ3v) is 6.43. The molecule has 8 heteroatoms. The molecule has 3 aromatic rings. The predicted octanol–water partition coefficient (Wildman–Crippen LogP) is 2.65. The van der Waals surface area contributed by atoms with Crippen LogP contribution >= 0.6 is 0 Å². The molecule has 4 heterocycles. The highest BCUT2D eigenvalue weighted by atomic mass is 15.3. The molecular weight excluding hydrogens is 400 g/mol. The highest BCUT2D eigenvalue weighted by Gasteiger charge is 2.21. The molecule has 8 nitrogen and oxygen atoms in total. The van der Waals surface area contributed by atoms with Crippen molar-refractivity contribution in [2.75, 3.05) is 69.6 Å². The SMILES string of the molecule is Cc1nc2c(NCCN3CCCC3)nc(-c3ccccc3)nc2nc1N1CCN(C)CC1. The first-order valence-corrected chi connectivity index (χ1v) is 11.7. The fraction of sp³-hybridized carbons (Fsp3) is 0.500. The van der Waals surface area contributed by atoms with Crippen LogP contribution in [0.5, 0.6) is 0 Å². The number of benzene rings is 1. The van der Waals surface area contributed by atoms with Crippen LogP contribution in [-0.4, -0.2) is 89.1 Å². The summed E-state index contributed by atoms with van der Waals surface area (Å²) in [5.41, 5.74) is 3.32. The molecule has 2 fully saturated rings. The summed E-state index contributed by atoms with van der Waals surface area (Å²) >= 11 is 0. The van der Waals surface area contributed by atoms with Gasteiger partial charge in [0.25, 0.3) is 0 Å². The number of nitrogens with zero attached hydrogens (tertiary/aromatic N) is 7. The second kappa shape index (κ2) is 9.34. The van der Waals surface area contributed by atoms with Crippen LogP contribution in [0.25, 0.3) is 22.6 Å². The standard InChI is InChI=1S/C24H32N8/c1-18-24(32-16-14-30(2)15-17-32)29-23-20(26-18)22(25-10-13-31-11-6-7-12-31)27-21(28-23)19-8-4-3-5-9-19/h3-5,8-9H,6-7,10-17H2,1-2H3,(H,25,27,28,29). The minimum absolute atomic E-state index is 0.655. The van der Waals surface area contributed by atoms with Gasteiger partial charge in [-0.2, -0.15) is 0 Å². The van der Waals surface area contributed by atoms with Crippen LogP contribution in [0, 0.1) is 6.92 Å². The lowest BCUT2D eigenvalue weighted by Gasteiger charge is -2.33. The van der Waals surface area contributed by atoms with E-state index in [1.54, 1.807) is 0 Å². The molecule has 1 N–H and O–H groups in total. The molecule has 0 atom stereocenters. The average Bonchev–Trinajstić information content (AvgIpc) is 3.34. The molecule has 2 aromatic heterocycles. The number of nitrogens with one attached hydrogen (secondary N) is 1. The zero-order valence-electron chi connectivity index (χ0n) is 19.1. The summed E-state index contributed by atoms with van der Waals surface area (Å²) in [6.45, 7) is 10.2. The molecule has 0 bridgehead atoms. The maximum Gasteiger partial charge on any atom is 0.186 e. The number of hydrogen-bond acceptors (Lipinski definition) is 8. The third-order valence-electron chi connectivity index (χ3n) is 6.43. The minimum Gasteiger partial charge on any atom is -0.367 e. The average molecular weight is 433 g/mol. The number of hydrogen-bond donors (Lipinski definition) is 1. The van der Waals surface area contributed by atoms with Crippen LogP contribution < -0.4 is 10.2 Å². The highest BCUT2D eigenvalue weighted by molar-refractivity contribution is 5.85. The van der Waals surface area contributed by atoms with Gasteiger partial charge in [-0.1, -0.05) is 30.3 Å². The van der Waals surface area contributed by atoms with Crippen molar-refractivity contribution < 1.29 is 0 Å². The van der Waals surface area contributed by atoms with Gasteiger partial charge in [0.05, 0.1) is 5.69 Å². The summed E-state index contributed by atoms with van der Waals surface area (Å²) < 4.78 is 0. The number of likely N-dealkylation sites (N-methyl/N-ethyl adjacent to an activating group) is 1. The van der Waals surface area contributed by atoms with Gasteiger partial charge in [-0.05, 0) is 39.9 Å². The first kappa shape index (κ1) is 21.0. The van der Waals surface area contributed by atoms with E-state index >= 15 is 0 Å². The van der Waals surface area contributed by atoms with Crippen LogP contribution in [-0.2, 0) is 0 Å². The summed E-state index contributed by atoms with van der Waals surface area (Å²) in [5, 5.41) is 3.54. The first-order chi connectivity index (χ1) is 15.7. The Bertz CT molecular complexity index is 1060. The van der Waals surface area contributed by atoms with E-state index in [-0.39, 0.29) is 0 Å². The van der Waals surface area contributed by atoms with E-state index in [1.165, 1.54) is 25.9 Å². The maximum absolute atomic E-state index is 5.00. The van der Waals surface area contributed by atoms with E-state index in [0.29, 0.717) is 11.5 Å². The molecule has 0 spiro atoms. The molecule has 0 amide bonds. The predicted molar refractivity (Wildman–Crippen MR) is 129 cm³/mol. The van der Waals surface area contributed by atoms with Crippen molar-refractivity contribution in [1.82, 2.24) is 29.7 Å². The zero-order chi connectivity index (χ0) is 21.9. The Morgan fingerprint density at radius 2 is 1.62 bits per heavy atom. The van der Waals surface area contributed by atoms with Crippen molar-refractivity contribution in [1.29, 1.82) is 0 Å². The van der Waals surface area contributed by atoms with Crippen molar-refractivity contribution in [3.8, 4) is 11.4 Å². The Morgan fingerprint density at radius 3 is 2.38 bits per heavy atom. The fourth-order valence-electron chi connectivity index (χ4n) is 4.52. The molecule has 5 rings (SSSR count). The molecule has 0 saturated carbocycles. The largest absolute Gasteiger partial charge is 0.367 e. The van der Waals surface area contributed by atoms with Crippen molar-refractivity contribution in [2.45, 2.75) is 19.8 Å². The van der Waals surface area contributed by atoms with E-state index < -0.39 is 0 Å². The number of likely N-dealkylation sites (tertiary alicyclic amines) is 1. The number of aryl methyl sites for hydroxylation is 1. The zero-order valence-corrected chi connectivity index (χ0v) is 19.1. The number of aromatic nitrogens is 4. The highest BCUT2D eigenvalue weighted by Crippen LogP contribution is 2.26.